The first-order valence-corrected chi connectivity index (χ1v) is 6.60. The fraction of sp³-hybridized carbons (Fsp3) is 0.400. The molecule has 1 aliphatic carbocycles. The van der Waals surface area contributed by atoms with Crippen molar-refractivity contribution in [3.05, 3.63) is 29.5 Å². The largest absolute Gasteiger partial charge is 0.493 e. The van der Waals surface area contributed by atoms with E-state index < -0.39 is 17.8 Å². The van der Waals surface area contributed by atoms with Crippen LogP contribution in [-0.4, -0.2) is 24.1 Å². The smallest absolute Gasteiger partial charge is 0.339 e. The quantitative estimate of drug-likeness (QED) is 0.910. The summed E-state index contributed by atoms with van der Waals surface area (Å²) in [4.78, 5) is 11.2. The van der Waals surface area contributed by atoms with Gasteiger partial charge in [0.05, 0.1) is 12.0 Å². The number of carboxylic acid groups (broad SMARTS) is 1. The Morgan fingerprint density at radius 1 is 1.48 bits per heavy atom. The summed E-state index contributed by atoms with van der Waals surface area (Å²) in [6, 6.07) is 4.71. The number of alkyl halides is 2. The second-order valence-corrected chi connectivity index (χ2v) is 5.45. The summed E-state index contributed by atoms with van der Waals surface area (Å²) in [6.45, 7) is 1.51. The second-order valence-electron chi connectivity index (χ2n) is 5.45. The average Bonchev–Trinajstić information content (AvgIpc) is 3.13. The third-order valence-corrected chi connectivity index (χ3v) is 3.93. The molecule has 1 aromatic carbocycles. The Bertz CT molecular complexity index is 701. The van der Waals surface area contributed by atoms with Crippen molar-refractivity contribution >= 4 is 16.9 Å². The third kappa shape index (κ3) is 2.34. The standard InChI is InChI=1S/C15H14F2O4/c1-8-12(13(18)19)10-6-9(2-3-11(10)21-8)20-7-15(4-5-15)14(16)17/h2-3,6,14H,4-5,7H2,1H3,(H,18,19). The van der Waals surface area contributed by atoms with Crippen molar-refractivity contribution in [2.45, 2.75) is 26.2 Å². The molecule has 3 rings (SSSR count). The van der Waals surface area contributed by atoms with Gasteiger partial charge in [-0.15, -0.1) is 0 Å². The minimum atomic E-state index is -2.40. The highest BCUT2D eigenvalue weighted by molar-refractivity contribution is 6.03. The lowest BCUT2D eigenvalue weighted by Gasteiger charge is -2.15. The van der Waals surface area contributed by atoms with Crippen LogP contribution in [0.2, 0.25) is 0 Å². The zero-order chi connectivity index (χ0) is 15.2. The van der Waals surface area contributed by atoms with Crippen LogP contribution >= 0.6 is 0 Å². The summed E-state index contributed by atoms with van der Waals surface area (Å²) in [5.74, 6) is -0.409. The predicted octanol–water partition coefficient (Wildman–Crippen LogP) is 3.86. The third-order valence-electron chi connectivity index (χ3n) is 3.93. The number of aryl methyl sites for hydroxylation is 1. The molecule has 1 aliphatic rings. The van der Waals surface area contributed by atoms with Gasteiger partial charge in [-0.25, -0.2) is 13.6 Å². The van der Waals surface area contributed by atoms with Crippen LogP contribution in [0.1, 0.15) is 29.0 Å². The molecule has 1 N–H and O–H groups in total. The van der Waals surface area contributed by atoms with E-state index in [9.17, 15) is 18.7 Å². The molecule has 0 unspecified atom stereocenters. The Labute approximate surface area is 119 Å². The SMILES string of the molecule is Cc1oc2ccc(OCC3(C(F)F)CC3)cc2c1C(=O)O. The number of fused-ring (bicyclic) bond motifs is 1. The Balaban J connectivity index is 1.87. The van der Waals surface area contributed by atoms with Crippen LogP contribution in [0.5, 0.6) is 5.75 Å². The molecule has 0 aliphatic heterocycles. The van der Waals surface area contributed by atoms with Crippen molar-refractivity contribution < 1.29 is 27.8 Å². The van der Waals surface area contributed by atoms with Crippen molar-refractivity contribution in [2.75, 3.05) is 6.61 Å². The Hall–Kier alpha value is -2.11. The van der Waals surface area contributed by atoms with Gasteiger partial charge in [0.2, 0.25) is 6.43 Å². The lowest BCUT2D eigenvalue weighted by Crippen LogP contribution is -2.21. The van der Waals surface area contributed by atoms with E-state index in [0.717, 1.165) is 0 Å². The molecule has 1 heterocycles. The Kier molecular flexibility index (Phi) is 3.11. The highest BCUT2D eigenvalue weighted by atomic mass is 19.3. The number of carbonyl (C=O) groups is 1. The van der Waals surface area contributed by atoms with Crippen LogP contribution in [0.15, 0.2) is 22.6 Å². The van der Waals surface area contributed by atoms with Gasteiger partial charge in [-0.2, -0.15) is 0 Å². The highest BCUT2D eigenvalue weighted by Gasteiger charge is 2.51. The van der Waals surface area contributed by atoms with E-state index in [1.54, 1.807) is 19.1 Å². The Morgan fingerprint density at radius 3 is 2.76 bits per heavy atom. The van der Waals surface area contributed by atoms with Crippen molar-refractivity contribution in [3.8, 4) is 5.75 Å². The molecule has 4 nitrogen and oxygen atoms in total. The van der Waals surface area contributed by atoms with Crippen molar-refractivity contribution in [1.29, 1.82) is 0 Å². The van der Waals surface area contributed by atoms with E-state index in [2.05, 4.69) is 0 Å². The van der Waals surface area contributed by atoms with Crippen LogP contribution in [0.3, 0.4) is 0 Å². The van der Waals surface area contributed by atoms with E-state index in [0.29, 0.717) is 35.3 Å². The summed E-state index contributed by atoms with van der Waals surface area (Å²) < 4.78 is 36.4. The molecule has 0 bridgehead atoms. The van der Waals surface area contributed by atoms with Gasteiger partial charge in [0.15, 0.2) is 0 Å². The van der Waals surface area contributed by atoms with Gasteiger partial charge in [0.25, 0.3) is 0 Å². The maximum absolute atomic E-state index is 12.8. The Morgan fingerprint density at radius 2 is 2.19 bits per heavy atom. The maximum Gasteiger partial charge on any atom is 0.339 e. The lowest BCUT2D eigenvalue weighted by atomic mass is 10.1. The first-order valence-electron chi connectivity index (χ1n) is 6.60. The molecule has 0 atom stereocenters. The van der Waals surface area contributed by atoms with Crippen LogP contribution < -0.4 is 4.74 Å². The number of halogens is 2. The molecule has 1 fully saturated rings. The van der Waals surface area contributed by atoms with Gasteiger partial charge in [-0.05, 0) is 38.0 Å². The zero-order valence-electron chi connectivity index (χ0n) is 11.4. The zero-order valence-corrected chi connectivity index (χ0v) is 11.4. The number of rotatable bonds is 5. The van der Waals surface area contributed by atoms with E-state index >= 15 is 0 Å². The van der Waals surface area contributed by atoms with Crippen LogP contribution in [0.25, 0.3) is 11.0 Å². The number of carboxylic acids is 1. The lowest BCUT2D eigenvalue weighted by molar-refractivity contribution is 0.0316. The van der Waals surface area contributed by atoms with E-state index in [1.165, 1.54) is 6.07 Å². The summed E-state index contributed by atoms with van der Waals surface area (Å²) in [7, 11) is 0. The molecule has 1 aromatic heterocycles. The fourth-order valence-electron chi connectivity index (χ4n) is 2.37. The van der Waals surface area contributed by atoms with Crippen LogP contribution in [0, 0.1) is 12.3 Å². The second kappa shape index (κ2) is 4.72. The molecular weight excluding hydrogens is 282 g/mol. The topological polar surface area (TPSA) is 59.7 Å². The first-order chi connectivity index (χ1) is 9.93. The summed E-state index contributed by atoms with van der Waals surface area (Å²) in [5.41, 5.74) is -0.519. The highest BCUT2D eigenvalue weighted by Crippen LogP contribution is 2.50. The fourth-order valence-corrected chi connectivity index (χ4v) is 2.37. The summed E-state index contributed by atoms with van der Waals surface area (Å²) in [6.07, 6.45) is -1.48. The average molecular weight is 296 g/mol. The minimum Gasteiger partial charge on any atom is -0.493 e. The van der Waals surface area contributed by atoms with Crippen molar-refractivity contribution in [1.82, 2.24) is 0 Å². The predicted molar refractivity (Wildman–Crippen MR) is 71.1 cm³/mol. The summed E-state index contributed by atoms with van der Waals surface area (Å²) in [5, 5.41) is 9.60. The van der Waals surface area contributed by atoms with E-state index in [1.807, 2.05) is 0 Å². The maximum atomic E-state index is 12.8. The number of furan rings is 1. The molecule has 0 amide bonds. The van der Waals surface area contributed by atoms with Gasteiger partial charge in [0, 0.05) is 5.39 Å². The summed E-state index contributed by atoms with van der Waals surface area (Å²) >= 11 is 0. The molecule has 2 aromatic rings. The molecule has 0 radical (unpaired) electrons. The van der Waals surface area contributed by atoms with Crippen molar-refractivity contribution in [2.24, 2.45) is 5.41 Å². The normalized spacial score (nSPS) is 16.4. The monoisotopic (exact) mass is 296 g/mol. The molecular formula is C15H14F2O4. The molecule has 0 saturated heterocycles. The van der Waals surface area contributed by atoms with Gasteiger partial charge in [-0.1, -0.05) is 0 Å². The molecule has 1 saturated carbocycles. The van der Waals surface area contributed by atoms with E-state index in [4.69, 9.17) is 9.15 Å². The van der Waals surface area contributed by atoms with Crippen LogP contribution in [0.4, 0.5) is 8.78 Å². The number of benzene rings is 1. The first kappa shape index (κ1) is 13.9. The number of hydrogen-bond donors (Lipinski definition) is 1. The molecule has 112 valence electrons. The van der Waals surface area contributed by atoms with Gasteiger partial charge < -0.3 is 14.3 Å². The number of aromatic carboxylic acids is 1. The van der Waals surface area contributed by atoms with Crippen LogP contribution in [-0.2, 0) is 0 Å². The minimum absolute atomic E-state index is 0.0601. The van der Waals surface area contributed by atoms with Gasteiger partial charge >= 0.3 is 5.97 Å². The molecule has 0 spiro atoms. The number of hydrogen-bond acceptors (Lipinski definition) is 3. The van der Waals surface area contributed by atoms with Gasteiger partial charge in [0.1, 0.15) is 22.7 Å². The number of ether oxygens (including phenoxy) is 1. The molecule has 21 heavy (non-hydrogen) atoms. The molecule has 6 heteroatoms. The van der Waals surface area contributed by atoms with E-state index in [-0.39, 0.29) is 12.2 Å². The van der Waals surface area contributed by atoms with Gasteiger partial charge in [-0.3, -0.25) is 0 Å². The van der Waals surface area contributed by atoms with Crippen molar-refractivity contribution in [3.63, 3.8) is 0 Å².